The summed E-state index contributed by atoms with van der Waals surface area (Å²) in [7, 11) is 1.80. The number of hydrogen-bond acceptors (Lipinski definition) is 2. The fourth-order valence-corrected chi connectivity index (χ4v) is 1.98. The summed E-state index contributed by atoms with van der Waals surface area (Å²) in [4.78, 5) is 8.52. The van der Waals surface area contributed by atoms with Crippen LogP contribution in [0.3, 0.4) is 0 Å². The number of pyridine rings is 1. The second-order valence-electron chi connectivity index (χ2n) is 4.35. The maximum Gasteiger partial charge on any atom is 0.191 e. The number of guanidine groups is 1. The quantitative estimate of drug-likeness (QED) is 0.479. The van der Waals surface area contributed by atoms with Crippen molar-refractivity contribution in [2.24, 2.45) is 4.99 Å². The fraction of sp³-hybridized carbons (Fsp3) is 0.429. The summed E-state index contributed by atoms with van der Waals surface area (Å²) in [6.07, 6.45) is 9.32. The van der Waals surface area contributed by atoms with Crippen LogP contribution in [0.15, 0.2) is 41.5 Å². The Kier molecular flexibility index (Phi) is 4.76. The summed E-state index contributed by atoms with van der Waals surface area (Å²) in [6, 6.07) is 6.48. The van der Waals surface area contributed by atoms with E-state index in [1.807, 2.05) is 24.4 Å². The number of hydrogen-bond donors (Lipinski definition) is 2. The van der Waals surface area contributed by atoms with E-state index in [9.17, 15) is 0 Å². The molecule has 0 spiro atoms. The van der Waals surface area contributed by atoms with Crippen LogP contribution in [0.4, 0.5) is 0 Å². The van der Waals surface area contributed by atoms with E-state index in [1.165, 1.54) is 0 Å². The number of nitrogens with one attached hydrogen (secondary N) is 2. The van der Waals surface area contributed by atoms with Gasteiger partial charge in [0.1, 0.15) is 0 Å². The van der Waals surface area contributed by atoms with Crippen LogP contribution in [-0.2, 0) is 6.42 Å². The van der Waals surface area contributed by atoms with E-state index in [4.69, 9.17) is 0 Å². The molecule has 1 aromatic rings. The van der Waals surface area contributed by atoms with Gasteiger partial charge in [0, 0.05) is 37.9 Å². The molecule has 0 aliphatic heterocycles. The molecule has 0 fully saturated rings. The largest absolute Gasteiger partial charge is 0.356 e. The van der Waals surface area contributed by atoms with Crippen LogP contribution in [0.2, 0.25) is 0 Å². The van der Waals surface area contributed by atoms with Gasteiger partial charge in [0.05, 0.1) is 0 Å². The third-order valence-corrected chi connectivity index (χ3v) is 2.97. The Morgan fingerprint density at radius 2 is 2.22 bits per heavy atom. The zero-order chi connectivity index (χ0) is 12.6. The second kappa shape index (κ2) is 6.79. The van der Waals surface area contributed by atoms with Crippen molar-refractivity contribution in [2.75, 3.05) is 13.6 Å². The Balaban J connectivity index is 1.71. The van der Waals surface area contributed by atoms with Crippen molar-refractivity contribution in [3.63, 3.8) is 0 Å². The Hall–Kier alpha value is -1.84. The first-order valence-corrected chi connectivity index (χ1v) is 6.40. The van der Waals surface area contributed by atoms with Crippen molar-refractivity contribution in [2.45, 2.75) is 25.3 Å². The number of rotatable bonds is 4. The summed E-state index contributed by atoms with van der Waals surface area (Å²) >= 11 is 0. The molecule has 2 N–H and O–H groups in total. The molecule has 1 aliphatic rings. The lowest BCUT2D eigenvalue weighted by molar-refractivity contribution is 0.632. The van der Waals surface area contributed by atoms with Crippen LogP contribution in [0, 0.1) is 0 Å². The molecule has 0 unspecified atom stereocenters. The van der Waals surface area contributed by atoms with Gasteiger partial charge in [0.2, 0.25) is 0 Å². The molecule has 0 radical (unpaired) electrons. The Morgan fingerprint density at radius 3 is 2.89 bits per heavy atom. The lowest BCUT2D eigenvalue weighted by Gasteiger charge is -2.16. The minimum absolute atomic E-state index is 0.492. The van der Waals surface area contributed by atoms with E-state index in [0.29, 0.717) is 6.04 Å². The fourth-order valence-electron chi connectivity index (χ4n) is 1.98. The standard InChI is InChI=1S/C14H20N4/c1-15-14(18-13-7-2-3-8-13)17-11-9-12-6-4-5-10-16-12/h2-6,10,13H,7-9,11H2,1H3,(H2,15,17,18). The van der Waals surface area contributed by atoms with Crippen molar-refractivity contribution in [1.29, 1.82) is 0 Å². The number of aromatic nitrogens is 1. The van der Waals surface area contributed by atoms with Crippen molar-refractivity contribution >= 4 is 5.96 Å². The lowest BCUT2D eigenvalue weighted by atomic mass is 10.2. The smallest absolute Gasteiger partial charge is 0.191 e. The van der Waals surface area contributed by atoms with Gasteiger partial charge in [-0.3, -0.25) is 9.98 Å². The molecular weight excluding hydrogens is 224 g/mol. The minimum Gasteiger partial charge on any atom is -0.356 e. The van der Waals surface area contributed by atoms with Gasteiger partial charge in [-0.2, -0.15) is 0 Å². The van der Waals surface area contributed by atoms with E-state index in [0.717, 1.165) is 37.5 Å². The van der Waals surface area contributed by atoms with Crippen molar-refractivity contribution in [3.8, 4) is 0 Å². The van der Waals surface area contributed by atoms with Crippen LogP contribution >= 0.6 is 0 Å². The van der Waals surface area contributed by atoms with Gasteiger partial charge >= 0.3 is 0 Å². The average Bonchev–Trinajstić information content (AvgIpc) is 2.92. The number of nitrogens with zero attached hydrogens (tertiary/aromatic N) is 2. The molecule has 0 aromatic carbocycles. The maximum atomic E-state index is 4.29. The van der Waals surface area contributed by atoms with E-state index in [-0.39, 0.29) is 0 Å². The summed E-state index contributed by atoms with van der Waals surface area (Å²) in [5.74, 6) is 0.875. The van der Waals surface area contributed by atoms with Gasteiger partial charge < -0.3 is 10.6 Å². The Bertz CT molecular complexity index is 403. The normalized spacial score (nSPS) is 15.9. The monoisotopic (exact) mass is 244 g/mol. The van der Waals surface area contributed by atoms with Crippen LogP contribution < -0.4 is 10.6 Å². The first-order valence-electron chi connectivity index (χ1n) is 6.40. The van der Waals surface area contributed by atoms with E-state index in [1.54, 1.807) is 7.05 Å². The van der Waals surface area contributed by atoms with E-state index in [2.05, 4.69) is 32.8 Å². The molecular formula is C14H20N4. The molecule has 0 amide bonds. The van der Waals surface area contributed by atoms with Gasteiger partial charge in [-0.1, -0.05) is 18.2 Å². The van der Waals surface area contributed by atoms with Crippen LogP contribution in [-0.4, -0.2) is 30.6 Å². The topological polar surface area (TPSA) is 49.3 Å². The van der Waals surface area contributed by atoms with Crippen molar-refractivity contribution in [1.82, 2.24) is 15.6 Å². The summed E-state index contributed by atoms with van der Waals surface area (Å²) in [5, 5.41) is 6.72. The molecule has 0 bridgehead atoms. The molecule has 1 heterocycles. The molecule has 1 aromatic heterocycles. The molecule has 96 valence electrons. The SMILES string of the molecule is CN=C(NCCc1ccccn1)NC1CC=CC1. The first-order chi connectivity index (χ1) is 8.88. The van der Waals surface area contributed by atoms with Gasteiger partial charge in [0.15, 0.2) is 5.96 Å². The highest BCUT2D eigenvalue weighted by Crippen LogP contribution is 2.08. The molecule has 0 atom stereocenters. The van der Waals surface area contributed by atoms with Crippen molar-refractivity contribution < 1.29 is 0 Å². The highest BCUT2D eigenvalue weighted by atomic mass is 15.2. The molecule has 0 saturated heterocycles. The van der Waals surface area contributed by atoms with Crippen LogP contribution in [0.1, 0.15) is 18.5 Å². The van der Waals surface area contributed by atoms with Crippen molar-refractivity contribution in [3.05, 3.63) is 42.2 Å². The molecule has 2 rings (SSSR count). The third-order valence-electron chi connectivity index (χ3n) is 2.97. The van der Waals surface area contributed by atoms with E-state index < -0.39 is 0 Å². The maximum absolute atomic E-state index is 4.29. The Morgan fingerprint density at radius 1 is 1.39 bits per heavy atom. The highest BCUT2D eigenvalue weighted by molar-refractivity contribution is 5.80. The predicted octanol–water partition coefficient (Wildman–Crippen LogP) is 1.51. The van der Waals surface area contributed by atoms with Gasteiger partial charge in [-0.05, 0) is 25.0 Å². The zero-order valence-corrected chi connectivity index (χ0v) is 10.8. The predicted molar refractivity (Wildman–Crippen MR) is 74.6 cm³/mol. The highest BCUT2D eigenvalue weighted by Gasteiger charge is 2.11. The Labute approximate surface area is 108 Å². The lowest BCUT2D eigenvalue weighted by Crippen LogP contribution is -2.43. The van der Waals surface area contributed by atoms with Gasteiger partial charge in [0.25, 0.3) is 0 Å². The van der Waals surface area contributed by atoms with Crippen LogP contribution in [0.25, 0.3) is 0 Å². The van der Waals surface area contributed by atoms with Crippen LogP contribution in [0.5, 0.6) is 0 Å². The molecule has 18 heavy (non-hydrogen) atoms. The van der Waals surface area contributed by atoms with Gasteiger partial charge in [-0.25, -0.2) is 0 Å². The number of aliphatic imine (C=N–C) groups is 1. The average molecular weight is 244 g/mol. The minimum atomic E-state index is 0.492. The summed E-state index contributed by atoms with van der Waals surface area (Å²) < 4.78 is 0. The van der Waals surface area contributed by atoms with Gasteiger partial charge in [-0.15, -0.1) is 0 Å². The first kappa shape index (κ1) is 12.6. The molecule has 1 aliphatic carbocycles. The second-order valence-corrected chi connectivity index (χ2v) is 4.35. The summed E-state index contributed by atoms with van der Waals surface area (Å²) in [6.45, 7) is 0.844. The summed E-state index contributed by atoms with van der Waals surface area (Å²) in [5.41, 5.74) is 1.10. The molecule has 4 heteroatoms. The molecule has 0 saturated carbocycles. The third kappa shape index (κ3) is 3.87. The van der Waals surface area contributed by atoms with E-state index >= 15 is 0 Å². The molecule has 4 nitrogen and oxygen atoms in total. The zero-order valence-electron chi connectivity index (χ0n) is 10.8.